The normalized spacial score (nSPS) is 4.00. The van der Waals surface area contributed by atoms with E-state index in [1.807, 2.05) is 0 Å². The van der Waals surface area contributed by atoms with Crippen LogP contribution in [0, 0.1) is 0 Å². The molecule has 0 rings (SSSR count). The molecule has 0 aromatic rings. The average Bonchev–Trinajstić information content (AvgIpc) is 0.811. The van der Waals surface area contributed by atoms with Crippen LogP contribution in [0.1, 0.15) is 0 Å². The Kier molecular flexibility index (Phi) is 25.0. The van der Waals surface area contributed by atoms with Crippen molar-refractivity contribution in [3.8, 4) is 0 Å². The molecule has 0 spiro atoms. The van der Waals surface area contributed by atoms with Gasteiger partial charge in [0.15, 0.2) is 5.11 Å². The fourth-order valence-electron chi connectivity index (χ4n) is 0. The van der Waals surface area contributed by atoms with Gasteiger partial charge in [0.05, 0.1) is 0 Å². The first-order chi connectivity index (χ1) is 1.73. The smallest absolute Gasteiger partial charge is 0.870 e. The molecular formula is CH5KN2OS. The minimum Gasteiger partial charge on any atom is -0.870 e. The van der Waals surface area contributed by atoms with E-state index in [-0.39, 0.29) is 62.0 Å². The molecule has 5 heteroatoms. The van der Waals surface area contributed by atoms with Crippen LogP contribution in [0.5, 0.6) is 0 Å². The summed E-state index contributed by atoms with van der Waals surface area (Å²) in [5.74, 6) is 0. The van der Waals surface area contributed by atoms with Crippen LogP contribution in [0.4, 0.5) is 0 Å². The Morgan fingerprint density at radius 1 is 1.33 bits per heavy atom. The van der Waals surface area contributed by atoms with E-state index in [1.54, 1.807) is 0 Å². The number of hydrogen-bond donors (Lipinski definition) is 2. The van der Waals surface area contributed by atoms with Crippen molar-refractivity contribution in [1.29, 1.82) is 0 Å². The van der Waals surface area contributed by atoms with Crippen molar-refractivity contribution in [3.63, 3.8) is 0 Å². The van der Waals surface area contributed by atoms with Crippen molar-refractivity contribution in [2.45, 2.75) is 0 Å². The third kappa shape index (κ3) is 58.7. The van der Waals surface area contributed by atoms with Crippen LogP contribution >= 0.6 is 12.2 Å². The summed E-state index contributed by atoms with van der Waals surface area (Å²) < 4.78 is 0. The largest absolute Gasteiger partial charge is 1.00 e. The fourth-order valence-corrected chi connectivity index (χ4v) is 0. The van der Waals surface area contributed by atoms with Crippen LogP contribution < -0.4 is 62.9 Å². The summed E-state index contributed by atoms with van der Waals surface area (Å²) in [7, 11) is 0. The van der Waals surface area contributed by atoms with Gasteiger partial charge in [0.2, 0.25) is 0 Å². The summed E-state index contributed by atoms with van der Waals surface area (Å²) in [6.07, 6.45) is 0. The summed E-state index contributed by atoms with van der Waals surface area (Å²) >= 11 is 4.09. The van der Waals surface area contributed by atoms with Crippen molar-refractivity contribution in [2.24, 2.45) is 11.5 Å². The molecule has 5 N–H and O–H groups in total. The third-order valence-corrected chi connectivity index (χ3v) is 0. The van der Waals surface area contributed by atoms with Crippen LogP contribution in [0.3, 0.4) is 0 Å². The molecule has 0 saturated heterocycles. The van der Waals surface area contributed by atoms with Crippen molar-refractivity contribution in [2.75, 3.05) is 0 Å². The zero-order chi connectivity index (χ0) is 3.58. The van der Waals surface area contributed by atoms with Crippen LogP contribution in [0.15, 0.2) is 0 Å². The molecule has 0 radical (unpaired) electrons. The van der Waals surface area contributed by atoms with Gasteiger partial charge in [-0.3, -0.25) is 0 Å². The fraction of sp³-hybridized carbons (Fsp3) is 0. The van der Waals surface area contributed by atoms with E-state index in [9.17, 15) is 0 Å². The summed E-state index contributed by atoms with van der Waals surface area (Å²) in [6.45, 7) is 0. The van der Waals surface area contributed by atoms with Gasteiger partial charge in [0, 0.05) is 0 Å². The molecule has 3 nitrogen and oxygen atoms in total. The molecule has 0 amide bonds. The topological polar surface area (TPSA) is 82.0 Å². The van der Waals surface area contributed by atoms with Gasteiger partial charge in [-0.25, -0.2) is 0 Å². The van der Waals surface area contributed by atoms with E-state index in [0.717, 1.165) is 0 Å². The van der Waals surface area contributed by atoms with E-state index in [0.29, 0.717) is 0 Å². The number of rotatable bonds is 0. The van der Waals surface area contributed by atoms with E-state index < -0.39 is 0 Å². The van der Waals surface area contributed by atoms with Crippen LogP contribution in [0.25, 0.3) is 0 Å². The Labute approximate surface area is 84.2 Å². The van der Waals surface area contributed by atoms with E-state index in [2.05, 4.69) is 23.7 Å². The summed E-state index contributed by atoms with van der Waals surface area (Å²) in [5.41, 5.74) is 9.24. The Balaban J connectivity index is -0.0000000450. The Hall–Kier alpha value is 1.29. The molecule has 0 aromatic heterocycles. The first-order valence-corrected chi connectivity index (χ1v) is 1.19. The first kappa shape index (κ1) is 15.7. The molecule has 0 aliphatic carbocycles. The van der Waals surface area contributed by atoms with Crippen molar-refractivity contribution in [1.82, 2.24) is 0 Å². The van der Waals surface area contributed by atoms with Crippen molar-refractivity contribution >= 4 is 17.3 Å². The molecule has 0 fully saturated rings. The standard InChI is InChI=1S/CH4N2S.K.H2O/c2-1(3)4;;/h(H4,2,3,4);;1H2/q;+1;/p-1. The molecule has 0 aromatic carbocycles. The quantitative estimate of drug-likeness (QED) is 0.260. The van der Waals surface area contributed by atoms with E-state index >= 15 is 0 Å². The summed E-state index contributed by atoms with van der Waals surface area (Å²) in [6, 6.07) is 0. The van der Waals surface area contributed by atoms with Crippen molar-refractivity contribution in [3.05, 3.63) is 0 Å². The second-order valence-electron chi connectivity index (χ2n) is 0.402. The zero-order valence-electron chi connectivity index (χ0n) is 3.51. The zero-order valence-corrected chi connectivity index (χ0v) is 7.45. The van der Waals surface area contributed by atoms with Crippen molar-refractivity contribution < 1.29 is 56.9 Å². The van der Waals surface area contributed by atoms with Gasteiger partial charge in [-0.1, -0.05) is 0 Å². The van der Waals surface area contributed by atoms with Crippen LogP contribution in [0.2, 0.25) is 0 Å². The Morgan fingerprint density at radius 2 is 1.33 bits per heavy atom. The Morgan fingerprint density at radius 3 is 1.33 bits per heavy atom. The predicted molar refractivity (Wildman–Crippen MR) is 22.9 cm³/mol. The predicted octanol–water partition coefficient (Wildman–Crippen LogP) is -3.98. The van der Waals surface area contributed by atoms with Gasteiger partial charge in [-0.05, 0) is 12.2 Å². The molecule has 0 saturated carbocycles. The SMILES string of the molecule is NC(N)=S.[K+].[OH-]. The molecule has 0 aliphatic heterocycles. The maximum atomic E-state index is 4.62. The second kappa shape index (κ2) is 9.56. The van der Waals surface area contributed by atoms with E-state index in [1.165, 1.54) is 0 Å². The van der Waals surface area contributed by atoms with Gasteiger partial charge in [0.1, 0.15) is 0 Å². The minimum atomic E-state index is 0. The Bertz CT molecular complexity index is 36.5. The summed E-state index contributed by atoms with van der Waals surface area (Å²) in [4.78, 5) is 0. The molecular weight excluding hydrogens is 127 g/mol. The minimum absolute atomic E-state index is 0. The molecule has 6 heavy (non-hydrogen) atoms. The summed E-state index contributed by atoms with van der Waals surface area (Å²) in [5, 5.41) is 0.000000000000000222. The maximum absolute atomic E-state index is 4.62. The van der Waals surface area contributed by atoms with Gasteiger partial charge in [-0.15, -0.1) is 0 Å². The van der Waals surface area contributed by atoms with E-state index in [4.69, 9.17) is 0 Å². The van der Waals surface area contributed by atoms with Gasteiger partial charge in [-0.2, -0.15) is 0 Å². The third-order valence-electron chi connectivity index (χ3n) is 0. The molecule has 0 heterocycles. The van der Waals surface area contributed by atoms with Gasteiger partial charge >= 0.3 is 51.4 Å². The molecule has 0 atom stereocenters. The average molecular weight is 132 g/mol. The molecule has 0 bridgehead atoms. The number of nitrogens with two attached hydrogens (primary N) is 2. The van der Waals surface area contributed by atoms with Crippen LogP contribution in [-0.4, -0.2) is 10.6 Å². The second-order valence-corrected chi connectivity index (χ2v) is 0.874. The number of thiocarbonyl (C=S) groups is 1. The monoisotopic (exact) mass is 132 g/mol. The molecule has 0 unspecified atom stereocenters. The first-order valence-electron chi connectivity index (χ1n) is 0.781. The molecule has 0 aliphatic rings. The maximum Gasteiger partial charge on any atom is 1.00 e. The van der Waals surface area contributed by atoms with Crippen LogP contribution in [-0.2, 0) is 0 Å². The molecule has 32 valence electrons. The van der Waals surface area contributed by atoms with Gasteiger partial charge in [0.25, 0.3) is 0 Å². The van der Waals surface area contributed by atoms with Gasteiger partial charge < -0.3 is 16.9 Å². The number of hydrogen-bond acceptors (Lipinski definition) is 2.